The number of hydrogen-bond acceptors (Lipinski definition) is 16. The summed E-state index contributed by atoms with van der Waals surface area (Å²) in [6, 6.07) is 43.0. The first-order valence-corrected chi connectivity index (χ1v) is 37.6. The molecule has 0 atom stereocenters. The molecule has 0 saturated heterocycles. The molecule has 0 N–H and O–H groups in total. The fourth-order valence-electron chi connectivity index (χ4n) is 12.4. The first-order valence-electron chi connectivity index (χ1n) is 37.6. The summed E-state index contributed by atoms with van der Waals surface area (Å²) >= 11 is 0. The second-order valence-corrected chi connectivity index (χ2v) is 27.3. The van der Waals surface area contributed by atoms with E-state index in [9.17, 15) is 38.4 Å². The smallest absolute Gasteiger partial charge is 0.338 e. The molecule has 3 aliphatic carbocycles. The van der Waals surface area contributed by atoms with Crippen molar-refractivity contribution < 1.29 is 80.5 Å². The Labute approximate surface area is 609 Å². The summed E-state index contributed by atoms with van der Waals surface area (Å²) < 4.78 is 44.3. The molecule has 102 heavy (non-hydrogen) atoms. The number of aryl methyl sites for hydroxylation is 4. The molecule has 3 aliphatic rings. The molecule has 16 nitrogen and oxygen atoms in total. The van der Waals surface area contributed by atoms with E-state index in [1.165, 1.54) is 49.7 Å². The lowest BCUT2D eigenvalue weighted by molar-refractivity contribution is -0.145. The monoisotopic (exact) mass is 1400 g/mol. The van der Waals surface area contributed by atoms with Crippen molar-refractivity contribution in [3.63, 3.8) is 0 Å². The van der Waals surface area contributed by atoms with Gasteiger partial charge in [0.15, 0.2) is 0 Å². The predicted molar refractivity (Wildman–Crippen MR) is 400 cm³/mol. The average molecular weight is 1400 g/mol. The third kappa shape index (κ3) is 28.5. The van der Waals surface area contributed by atoms with E-state index in [1.54, 1.807) is 72.8 Å². The van der Waals surface area contributed by atoms with Gasteiger partial charge in [0.1, 0.15) is 35.9 Å². The maximum absolute atomic E-state index is 12.7. The van der Waals surface area contributed by atoms with E-state index < -0.39 is 0 Å². The fourth-order valence-corrected chi connectivity index (χ4v) is 12.4. The SMILES string of the molecule is CCCCCCOC(=O)c1ccc(OC(=O)C2CCC(C(=O)Oc3ccc(C(=O)OCCCCCC)cc3)CC2)cc1.CCCCCc1ccc(C(=O)OC2CCC(OC(=O)c3ccc(CCCCC)cc3)CC2)cc1.Cc1ccc(C(=O)OC2CCC(OC(=O)c3ccc(C)cc3)CC2)cc1.[HH].[HH].[HH]. The molecule has 6 aromatic carbocycles. The van der Waals surface area contributed by atoms with Gasteiger partial charge in [-0.3, -0.25) is 9.59 Å². The van der Waals surface area contributed by atoms with Crippen LogP contribution in [0.15, 0.2) is 146 Å². The van der Waals surface area contributed by atoms with Crippen LogP contribution in [0.1, 0.15) is 283 Å². The van der Waals surface area contributed by atoms with Crippen LogP contribution >= 0.6 is 0 Å². The van der Waals surface area contributed by atoms with Crippen LogP contribution in [-0.2, 0) is 50.9 Å². The van der Waals surface area contributed by atoms with Crippen LogP contribution in [0.25, 0.3) is 0 Å². The Morgan fingerprint density at radius 3 is 0.814 bits per heavy atom. The van der Waals surface area contributed by atoms with Crippen LogP contribution in [0.3, 0.4) is 0 Å². The summed E-state index contributed by atoms with van der Waals surface area (Å²) in [6.45, 7) is 13.4. The average Bonchev–Trinajstić information content (AvgIpc) is 0.868. The van der Waals surface area contributed by atoms with Crippen molar-refractivity contribution in [2.75, 3.05) is 13.2 Å². The summed E-state index contributed by atoms with van der Waals surface area (Å²) in [7, 11) is 0. The summed E-state index contributed by atoms with van der Waals surface area (Å²) in [5.74, 6) is -2.46. The second-order valence-electron chi connectivity index (χ2n) is 27.3. The molecular formula is C86H114O16. The fraction of sp³-hybridized carbons (Fsp3) is 0.488. The number of carbonyl (C=O) groups excluding carboxylic acids is 8. The van der Waals surface area contributed by atoms with Crippen molar-refractivity contribution in [2.24, 2.45) is 11.8 Å². The Bertz CT molecular complexity index is 3290. The Morgan fingerprint density at radius 2 is 0.539 bits per heavy atom. The van der Waals surface area contributed by atoms with E-state index in [0.717, 1.165) is 101 Å². The van der Waals surface area contributed by atoms with Crippen LogP contribution in [0.2, 0.25) is 0 Å². The molecule has 0 aromatic heterocycles. The van der Waals surface area contributed by atoms with Gasteiger partial charge in [0.2, 0.25) is 0 Å². The maximum Gasteiger partial charge on any atom is 0.338 e. The minimum absolute atomic E-state index is 0. The van der Waals surface area contributed by atoms with Crippen molar-refractivity contribution in [3.8, 4) is 11.5 Å². The minimum Gasteiger partial charge on any atom is -0.462 e. The van der Waals surface area contributed by atoms with Crippen LogP contribution < -0.4 is 9.47 Å². The highest BCUT2D eigenvalue weighted by molar-refractivity contribution is 5.92. The minimum atomic E-state index is -0.388. The number of esters is 8. The molecule has 0 radical (unpaired) electrons. The highest BCUT2D eigenvalue weighted by atomic mass is 16.6. The van der Waals surface area contributed by atoms with Crippen molar-refractivity contribution in [2.45, 2.75) is 246 Å². The molecule has 0 bridgehead atoms. The Kier molecular flexibility index (Phi) is 35.0. The molecule has 3 saturated carbocycles. The Morgan fingerprint density at radius 1 is 0.294 bits per heavy atom. The Hall–Kier alpha value is -8.92. The first kappa shape index (κ1) is 80.4. The summed E-state index contributed by atoms with van der Waals surface area (Å²) in [4.78, 5) is 99.2. The lowest BCUT2D eigenvalue weighted by atomic mass is 9.82. The summed E-state index contributed by atoms with van der Waals surface area (Å²) in [5.41, 5.74) is 7.92. The number of rotatable bonds is 32. The van der Waals surface area contributed by atoms with Gasteiger partial charge in [0, 0.05) is 4.28 Å². The Balaban J connectivity index is 0.000000337. The maximum atomic E-state index is 12.7. The van der Waals surface area contributed by atoms with Gasteiger partial charge >= 0.3 is 47.8 Å². The normalized spacial score (nSPS) is 17.7. The van der Waals surface area contributed by atoms with Gasteiger partial charge in [0.25, 0.3) is 0 Å². The molecule has 16 heteroatoms. The predicted octanol–water partition coefficient (Wildman–Crippen LogP) is 20.3. The zero-order valence-electron chi connectivity index (χ0n) is 61.1. The number of unbranched alkanes of at least 4 members (excludes halogenated alkanes) is 10. The highest BCUT2D eigenvalue weighted by Crippen LogP contribution is 2.33. The van der Waals surface area contributed by atoms with Gasteiger partial charge in [-0.2, -0.15) is 0 Å². The van der Waals surface area contributed by atoms with E-state index in [2.05, 4.69) is 27.7 Å². The molecule has 3 fully saturated rings. The zero-order valence-corrected chi connectivity index (χ0v) is 61.1. The van der Waals surface area contributed by atoms with Crippen LogP contribution in [-0.4, -0.2) is 85.4 Å². The van der Waals surface area contributed by atoms with E-state index in [0.29, 0.717) is 109 Å². The molecule has 0 spiro atoms. The molecule has 0 amide bonds. The molecule has 554 valence electrons. The van der Waals surface area contributed by atoms with Crippen LogP contribution in [0.4, 0.5) is 0 Å². The topological polar surface area (TPSA) is 210 Å². The zero-order chi connectivity index (χ0) is 72.9. The standard InChI is InChI=1S/C34H44O8.C30H40O4.C22H24O4.3H2/c1-3-5-7-9-23-39-31(35)25-15-19-29(20-16-25)41-33(37)27-11-13-28(14-12-27)34(38)42-30-21-17-26(18-22-30)32(36)40-24-10-8-6-4-2;1-3-5-7-9-23-11-15-25(16-12-23)29(31)33-27-19-21-28(22-20-27)34-30(32)26-17-13-24(14-18-26)10-8-6-4-2;1-15-3-7-17(8-4-15)21(23)25-19-11-13-20(14-12-19)26-22(24)18-9-5-16(2)6-10-18;;;/h15-22,27-28H,3-14,23-24H2,1-2H3;11-18,27-28H,3-10,19-22H2,1-2H3;3-10,19-20H,11-14H2,1-2H3;3*1H. The summed E-state index contributed by atoms with van der Waals surface area (Å²) in [5, 5.41) is 0. The third-order valence-electron chi connectivity index (χ3n) is 18.9. The molecule has 0 aliphatic heterocycles. The number of benzene rings is 6. The molecule has 6 aromatic rings. The highest BCUT2D eigenvalue weighted by Gasteiger charge is 2.33. The van der Waals surface area contributed by atoms with Gasteiger partial charge in [-0.15, -0.1) is 0 Å². The second kappa shape index (κ2) is 44.5. The van der Waals surface area contributed by atoms with E-state index in [-0.39, 0.29) is 88.3 Å². The van der Waals surface area contributed by atoms with E-state index in [4.69, 9.17) is 37.9 Å². The van der Waals surface area contributed by atoms with Crippen molar-refractivity contribution in [1.82, 2.24) is 0 Å². The van der Waals surface area contributed by atoms with Gasteiger partial charge in [0.05, 0.1) is 58.4 Å². The molecule has 0 heterocycles. The number of hydrogen-bond donors (Lipinski definition) is 0. The lowest BCUT2D eigenvalue weighted by Crippen LogP contribution is -2.30. The van der Waals surface area contributed by atoms with Crippen molar-refractivity contribution >= 4 is 47.8 Å². The van der Waals surface area contributed by atoms with Crippen molar-refractivity contribution in [3.05, 3.63) is 201 Å². The van der Waals surface area contributed by atoms with Crippen LogP contribution in [0, 0.1) is 25.7 Å². The van der Waals surface area contributed by atoms with Gasteiger partial charge in [-0.05, 0) is 238 Å². The van der Waals surface area contributed by atoms with Crippen molar-refractivity contribution in [1.29, 1.82) is 0 Å². The number of carbonyl (C=O) groups is 8. The molecule has 0 unspecified atom stereocenters. The largest absolute Gasteiger partial charge is 0.462 e. The first-order chi connectivity index (χ1) is 49.5. The van der Waals surface area contributed by atoms with Gasteiger partial charge in [-0.1, -0.05) is 152 Å². The quantitative estimate of drug-likeness (QED) is 0.0166. The van der Waals surface area contributed by atoms with Gasteiger partial charge < -0.3 is 37.9 Å². The summed E-state index contributed by atoms with van der Waals surface area (Å²) in [6.07, 6.45) is 24.9. The molecular weight excluding hydrogens is 1290 g/mol. The van der Waals surface area contributed by atoms with E-state index in [1.807, 2.05) is 86.6 Å². The number of ether oxygens (including phenoxy) is 8. The third-order valence-corrected chi connectivity index (χ3v) is 18.9. The van der Waals surface area contributed by atoms with Crippen LogP contribution in [0.5, 0.6) is 11.5 Å². The van der Waals surface area contributed by atoms with E-state index >= 15 is 0 Å². The molecule has 9 rings (SSSR count). The van der Waals surface area contributed by atoms with Gasteiger partial charge in [-0.25, -0.2) is 28.8 Å². The lowest BCUT2D eigenvalue weighted by Gasteiger charge is -2.28.